The van der Waals surface area contributed by atoms with Crippen LogP contribution in [0.1, 0.15) is 25.3 Å². The number of aromatic amines is 1. The largest absolute Gasteiger partial charge is 0.342 e. The number of amides is 2. The number of nitrogens with zero attached hydrogens (tertiary/aromatic N) is 2. The standard InChI is InChI=1S/C22H21ClN4O3S/c23-13-5-6-18-16(11-13)24-21(29)19(31-18)12-20(28)26-9-7-14(8-10-26)27-17-4-2-1-3-15(17)25-22(27)30/h1-6,11,14,19H,7-10,12H2,(H,24,29)(H,25,30). The fourth-order valence-corrected chi connectivity index (χ4v) is 5.61. The number of anilines is 1. The maximum absolute atomic E-state index is 12.9. The molecule has 2 N–H and O–H groups in total. The monoisotopic (exact) mass is 456 g/mol. The molecule has 1 fully saturated rings. The van der Waals surface area contributed by atoms with Gasteiger partial charge in [0.25, 0.3) is 0 Å². The van der Waals surface area contributed by atoms with Crippen molar-refractivity contribution in [1.82, 2.24) is 14.5 Å². The molecule has 1 aromatic heterocycles. The SMILES string of the molecule is O=C1Nc2cc(Cl)ccc2SC1CC(=O)N1CCC(n2c(=O)[nH]c3ccccc32)CC1. The number of hydrogen-bond acceptors (Lipinski definition) is 4. The predicted octanol–water partition coefficient (Wildman–Crippen LogP) is 3.65. The molecule has 0 aliphatic carbocycles. The Hall–Kier alpha value is -2.71. The van der Waals surface area contributed by atoms with Crippen molar-refractivity contribution in [3.63, 3.8) is 0 Å². The molecule has 3 aromatic rings. The highest BCUT2D eigenvalue weighted by Gasteiger charge is 2.32. The van der Waals surface area contributed by atoms with Crippen LogP contribution in [0.5, 0.6) is 0 Å². The van der Waals surface area contributed by atoms with E-state index < -0.39 is 5.25 Å². The van der Waals surface area contributed by atoms with Gasteiger partial charge in [0, 0.05) is 35.5 Å². The highest BCUT2D eigenvalue weighted by Crippen LogP contribution is 2.38. The predicted molar refractivity (Wildman–Crippen MR) is 122 cm³/mol. The number of carbonyl (C=O) groups is 2. The highest BCUT2D eigenvalue weighted by molar-refractivity contribution is 8.01. The minimum absolute atomic E-state index is 0.0326. The first-order valence-electron chi connectivity index (χ1n) is 10.2. The molecular weight excluding hydrogens is 436 g/mol. The summed E-state index contributed by atoms with van der Waals surface area (Å²) in [6.07, 6.45) is 1.56. The Balaban J connectivity index is 1.23. The third-order valence-electron chi connectivity index (χ3n) is 5.93. The van der Waals surface area contributed by atoms with Gasteiger partial charge < -0.3 is 15.2 Å². The second-order valence-corrected chi connectivity index (χ2v) is 9.55. The number of fused-ring (bicyclic) bond motifs is 2. The lowest BCUT2D eigenvalue weighted by molar-refractivity contribution is -0.133. The van der Waals surface area contributed by atoms with Gasteiger partial charge in [0.15, 0.2) is 0 Å². The molecule has 0 spiro atoms. The number of H-pyrrole nitrogens is 1. The summed E-state index contributed by atoms with van der Waals surface area (Å²) in [5, 5.41) is 2.95. The Kier molecular flexibility index (Phi) is 5.27. The van der Waals surface area contributed by atoms with Crippen molar-refractivity contribution in [2.45, 2.75) is 35.4 Å². The number of para-hydroxylation sites is 2. The molecule has 7 nitrogen and oxygen atoms in total. The van der Waals surface area contributed by atoms with E-state index in [1.165, 1.54) is 11.8 Å². The summed E-state index contributed by atoms with van der Waals surface area (Å²) >= 11 is 7.39. The van der Waals surface area contributed by atoms with Crippen molar-refractivity contribution < 1.29 is 9.59 Å². The van der Waals surface area contributed by atoms with E-state index in [1.54, 1.807) is 12.1 Å². The molecule has 2 aliphatic heterocycles. The number of likely N-dealkylation sites (tertiary alicyclic amines) is 1. The fourth-order valence-electron chi connectivity index (χ4n) is 4.35. The third-order valence-corrected chi connectivity index (χ3v) is 7.44. The lowest BCUT2D eigenvalue weighted by Crippen LogP contribution is -2.42. The van der Waals surface area contributed by atoms with E-state index in [2.05, 4.69) is 10.3 Å². The maximum atomic E-state index is 12.9. The maximum Gasteiger partial charge on any atom is 0.326 e. The van der Waals surface area contributed by atoms with E-state index in [4.69, 9.17) is 11.6 Å². The molecule has 0 saturated carbocycles. The van der Waals surface area contributed by atoms with Crippen molar-refractivity contribution >= 4 is 51.9 Å². The van der Waals surface area contributed by atoms with Crippen LogP contribution < -0.4 is 11.0 Å². The molecule has 1 unspecified atom stereocenters. The molecule has 9 heteroatoms. The highest BCUT2D eigenvalue weighted by atomic mass is 35.5. The average Bonchev–Trinajstić information content (AvgIpc) is 3.10. The summed E-state index contributed by atoms with van der Waals surface area (Å²) in [7, 11) is 0. The van der Waals surface area contributed by atoms with E-state index in [9.17, 15) is 14.4 Å². The first-order valence-corrected chi connectivity index (χ1v) is 11.5. The molecule has 31 heavy (non-hydrogen) atoms. The van der Waals surface area contributed by atoms with E-state index in [1.807, 2.05) is 39.8 Å². The van der Waals surface area contributed by atoms with E-state index in [0.29, 0.717) is 36.6 Å². The van der Waals surface area contributed by atoms with Gasteiger partial charge in [0.05, 0.1) is 22.0 Å². The lowest BCUT2D eigenvalue weighted by Gasteiger charge is -2.33. The third kappa shape index (κ3) is 3.85. The van der Waals surface area contributed by atoms with Crippen molar-refractivity contribution in [1.29, 1.82) is 0 Å². The van der Waals surface area contributed by atoms with Crippen molar-refractivity contribution in [2.24, 2.45) is 0 Å². The van der Waals surface area contributed by atoms with Crippen LogP contribution in [0.4, 0.5) is 5.69 Å². The van der Waals surface area contributed by atoms with Crippen LogP contribution in [0.15, 0.2) is 52.2 Å². The summed E-state index contributed by atoms with van der Waals surface area (Å²) in [5.74, 6) is -0.205. The Bertz CT molecular complexity index is 1230. The molecular formula is C22H21ClN4O3S. The molecule has 2 aromatic carbocycles. The van der Waals surface area contributed by atoms with Crippen molar-refractivity contribution in [3.05, 3.63) is 58.0 Å². The Labute approximate surface area is 187 Å². The summed E-state index contributed by atoms with van der Waals surface area (Å²) < 4.78 is 1.81. The van der Waals surface area contributed by atoms with Crippen LogP contribution in [0.3, 0.4) is 0 Å². The van der Waals surface area contributed by atoms with Crippen molar-refractivity contribution in [3.8, 4) is 0 Å². The number of halogens is 1. The van der Waals surface area contributed by atoms with Gasteiger partial charge in [0.2, 0.25) is 11.8 Å². The molecule has 2 amide bonds. The Morgan fingerprint density at radius 3 is 2.71 bits per heavy atom. The Morgan fingerprint density at radius 1 is 1.13 bits per heavy atom. The fraction of sp³-hybridized carbons (Fsp3) is 0.318. The second-order valence-electron chi connectivity index (χ2n) is 7.87. The van der Waals surface area contributed by atoms with Gasteiger partial charge in [0.1, 0.15) is 0 Å². The van der Waals surface area contributed by atoms with Gasteiger partial charge in [-0.05, 0) is 43.2 Å². The first-order chi connectivity index (χ1) is 15.0. The zero-order valence-corrected chi connectivity index (χ0v) is 18.2. The lowest BCUT2D eigenvalue weighted by atomic mass is 10.0. The number of nitrogens with one attached hydrogen (secondary N) is 2. The molecule has 0 radical (unpaired) electrons. The van der Waals surface area contributed by atoms with Gasteiger partial charge >= 0.3 is 5.69 Å². The van der Waals surface area contributed by atoms with Crippen LogP contribution >= 0.6 is 23.4 Å². The van der Waals surface area contributed by atoms with Gasteiger partial charge in [-0.1, -0.05) is 23.7 Å². The number of benzene rings is 2. The normalized spacial score (nSPS) is 19.3. The quantitative estimate of drug-likeness (QED) is 0.629. The number of thioether (sulfide) groups is 1. The molecule has 160 valence electrons. The average molecular weight is 457 g/mol. The van der Waals surface area contributed by atoms with Gasteiger partial charge in [-0.2, -0.15) is 0 Å². The topological polar surface area (TPSA) is 87.2 Å². The number of hydrogen-bond donors (Lipinski definition) is 2. The number of rotatable bonds is 3. The molecule has 3 heterocycles. The van der Waals surface area contributed by atoms with Crippen LogP contribution in [-0.2, 0) is 9.59 Å². The number of piperidine rings is 1. The molecule has 1 atom stereocenters. The smallest absolute Gasteiger partial charge is 0.326 e. The minimum Gasteiger partial charge on any atom is -0.342 e. The Morgan fingerprint density at radius 2 is 1.90 bits per heavy atom. The van der Waals surface area contributed by atoms with Gasteiger partial charge in [-0.3, -0.25) is 14.2 Å². The van der Waals surface area contributed by atoms with Crippen molar-refractivity contribution in [2.75, 3.05) is 18.4 Å². The summed E-state index contributed by atoms with van der Waals surface area (Å²) in [6, 6.07) is 13.1. The number of imidazole rings is 1. The van der Waals surface area contributed by atoms with Gasteiger partial charge in [-0.15, -0.1) is 11.8 Å². The number of aromatic nitrogens is 2. The van der Waals surface area contributed by atoms with Crippen LogP contribution in [-0.4, -0.2) is 44.6 Å². The van der Waals surface area contributed by atoms with Crippen LogP contribution in [0.2, 0.25) is 5.02 Å². The van der Waals surface area contributed by atoms with E-state index >= 15 is 0 Å². The number of carbonyl (C=O) groups excluding carboxylic acids is 2. The molecule has 5 rings (SSSR count). The van der Waals surface area contributed by atoms with E-state index in [-0.39, 0.29) is 30.0 Å². The van der Waals surface area contributed by atoms with E-state index in [0.717, 1.165) is 15.9 Å². The summed E-state index contributed by atoms with van der Waals surface area (Å²) in [5.41, 5.74) is 2.30. The minimum atomic E-state index is -0.463. The molecule has 2 aliphatic rings. The van der Waals surface area contributed by atoms with Gasteiger partial charge in [-0.25, -0.2) is 4.79 Å². The summed E-state index contributed by atoms with van der Waals surface area (Å²) in [4.78, 5) is 43.4. The molecule has 0 bridgehead atoms. The molecule has 1 saturated heterocycles. The van der Waals surface area contributed by atoms with Crippen LogP contribution in [0.25, 0.3) is 11.0 Å². The zero-order chi connectivity index (χ0) is 21.5. The van der Waals surface area contributed by atoms with Crippen LogP contribution in [0, 0.1) is 0 Å². The summed E-state index contributed by atoms with van der Waals surface area (Å²) in [6.45, 7) is 1.14. The first kappa shape index (κ1) is 20.2. The zero-order valence-electron chi connectivity index (χ0n) is 16.6. The second kappa shape index (κ2) is 8.09.